The van der Waals surface area contributed by atoms with E-state index in [1.54, 1.807) is 4.90 Å². The summed E-state index contributed by atoms with van der Waals surface area (Å²) in [5, 5.41) is 6.23. The lowest BCUT2D eigenvalue weighted by molar-refractivity contribution is -0.146. The number of anilines is 1. The van der Waals surface area contributed by atoms with Crippen LogP contribution in [0.1, 0.15) is 78.2 Å². The fraction of sp³-hybridized carbons (Fsp3) is 0.621. The van der Waals surface area contributed by atoms with E-state index in [9.17, 15) is 14.4 Å². The summed E-state index contributed by atoms with van der Waals surface area (Å²) in [5.74, 6) is -1.64. The van der Waals surface area contributed by atoms with Crippen molar-refractivity contribution < 1.29 is 19.1 Å². The largest absolute Gasteiger partial charge is 0.359 e. The number of rotatable bonds is 5. The zero-order valence-corrected chi connectivity index (χ0v) is 22.0. The Morgan fingerprint density at radius 3 is 2.33 bits per heavy atom. The summed E-state index contributed by atoms with van der Waals surface area (Å²) in [7, 11) is 0. The summed E-state index contributed by atoms with van der Waals surface area (Å²) in [6, 6.07) is 7.12. The van der Waals surface area contributed by atoms with Crippen LogP contribution in [0.3, 0.4) is 0 Å². The van der Waals surface area contributed by atoms with E-state index in [0.29, 0.717) is 11.6 Å². The number of nitrogens with one attached hydrogen (secondary N) is 2. The third-order valence-electron chi connectivity index (χ3n) is 8.35. The van der Waals surface area contributed by atoms with Crippen molar-refractivity contribution in [3.8, 4) is 0 Å². The summed E-state index contributed by atoms with van der Waals surface area (Å²) >= 11 is 0. The van der Waals surface area contributed by atoms with E-state index in [0.717, 1.165) is 25.7 Å². The number of carbonyl (C=O) groups excluding carboxylic acids is 3. The quantitative estimate of drug-likeness (QED) is 0.604. The van der Waals surface area contributed by atoms with Crippen LogP contribution in [0.4, 0.5) is 5.69 Å². The van der Waals surface area contributed by atoms with Gasteiger partial charge in [-0.2, -0.15) is 0 Å². The molecule has 4 aliphatic rings. The van der Waals surface area contributed by atoms with Gasteiger partial charge in [0.15, 0.2) is 0 Å². The van der Waals surface area contributed by atoms with Crippen LogP contribution in [0.25, 0.3) is 0 Å². The molecule has 3 amide bonds. The molecule has 7 nitrogen and oxygen atoms in total. The topological polar surface area (TPSA) is 87.7 Å². The molecule has 3 fully saturated rings. The number of ether oxygens (including phenoxy) is 1. The van der Waals surface area contributed by atoms with Crippen LogP contribution in [0.2, 0.25) is 0 Å². The lowest BCUT2D eigenvalue weighted by Gasteiger charge is -2.40. The van der Waals surface area contributed by atoms with Crippen LogP contribution >= 0.6 is 0 Å². The number of benzene rings is 1. The third-order valence-corrected chi connectivity index (χ3v) is 8.35. The Balaban J connectivity index is 1.43. The molecular formula is C29H39N3O4. The van der Waals surface area contributed by atoms with E-state index in [1.807, 2.05) is 57.2 Å². The minimum atomic E-state index is -1.13. The standard InChI is InChI=1S/C29H39N3O4/c1-17(2)18-11-13-20(14-12-18)30-25(33)22-21-15-16-29(36-21)23(22)27(35)32(28(3,4)5)24(29)26(34)31-19-9-7-6-8-10-19/h11-17,19,21-24H,6-10H2,1-5H3,(H,30,33)(H,31,34). The molecule has 3 heterocycles. The van der Waals surface area contributed by atoms with Gasteiger partial charge in [-0.3, -0.25) is 14.4 Å². The maximum atomic E-state index is 14.0. The number of hydrogen-bond donors (Lipinski definition) is 2. The molecule has 36 heavy (non-hydrogen) atoms. The van der Waals surface area contributed by atoms with Gasteiger partial charge in [-0.15, -0.1) is 0 Å². The second-order valence-electron chi connectivity index (χ2n) is 12.2. The molecule has 7 heteroatoms. The van der Waals surface area contributed by atoms with Crippen molar-refractivity contribution in [1.29, 1.82) is 0 Å². The minimum absolute atomic E-state index is 0.120. The van der Waals surface area contributed by atoms with Crippen molar-refractivity contribution in [1.82, 2.24) is 10.2 Å². The summed E-state index contributed by atoms with van der Waals surface area (Å²) in [4.78, 5) is 43.0. The molecule has 1 aliphatic carbocycles. The Bertz CT molecular complexity index is 1070. The van der Waals surface area contributed by atoms with Crippen molar-refractivity contribution >= 4 is 23.4 Å². The number of amides is 3. The molecule has 1 aromatic carbocycles. The van der Waals surface area contributed by atoms with Crippen LogP contribution in [0, 0.1) is 11.8 Å². The Labute approximate surface area is 214 Å². The lowest BCUT2D eigenvalue weighted by Crippen LogP contribution is -2.60. The van der Waals surface area contributed by atoms with E-state index >= 15 is 0 Å². The first-order valence-electron chi connectivity index (χ1n) is 13.4. The van der Waals surface area contributed by atoms with Crippen molar-refractivity contribution in [2.75, 3.05) is 5.32 Å². The maximum Gasteiger partial charge on any atom is 0.246 e. The van der Waals surface area contributed by atoms with Crippen LogP contribution in [0.15, 0.2) is 36.4 Å². The fourth-order valence-electron chi connectivity index (χ4n) is 6.60. The lowest BCUT2D eigenvalue weighted by atomic mass is 9.74. The summed E-state index contributed by atoms with van der Waals surface area (Å²) in [5.41, 5.74) is 0.150. The van der Waals surface area contributed by atoms with E-state index in [-0.39, 0.29) is 23.8 Å². The van der Waals surface area contributed by atoms with E-state index in [2.05, 4.69) is 24.5 Å². The minimum Gasteiger partial charge on any atom is -0.359 e. The van der Waals surface area contributed by atoms with Gasteiger partial charge in [0.25, 0.3) is 0 Å². The molecule has 2 saturated heterocycles. The summed E-state index contributed by atoms with van der Waals surface area (Å²) in [6.45, 7) is 10.1. The van der Waals surface area contributed by atoms with Crippen LogP contribution in [0.5, 0.6) is 0 Å². The number of nitrogens with zero attached hydrogens (tertiary/aromatic N) is 1. The average Bonchev–Trinajstić information content (AvgIpc) is 3.47. The van der Waals surface area contributed by atoms with Gasteiger partial charge in [-0.1, -0.05) is 57.4 Å². The second kappa shape index (κ2) is 9.02. The molecule has 1 saturated carbocycles. The van der Waals surface area contributed by atoms with Gasteiger partial charge in [0.2, 0.25) is 17.7 Å². The Hall–Kier alpha value is -2.67. The predicted octanol–water partition coefficient (Wildman–Crippen LogP) is 4.15. The molecule has 1 spiro atoms. The summed E-state index contributed by atoms with van der Waals surface area (Å²) < 4.78 is 6.43. The van der Waals surface area contributed by atoms with Gasteiger partial charge in [-0.25, -0.2) is 0 Å². The van der Waals surface area contributed by atoms with Gasteiger partial charge in [-0.05, 0) is 57.2 Å². The van der Waals surface area contributed by atoms with Gasteiger partial charge in [0.05, 0.1) is 17.9 Å². The first-order valence-corrected chi connectivity index (χ1v) is 13.4. The second-order valence-corrected chi connectivity index (χ2v) is 12.2. The highest BCUT2D eigenvalue weighted by Gasteiger charge is 2.73. The fourth-order valence-corrected chi connectivity index (χ4v) is 6.60. The molecule has 0 radical (unpaired) electrons. The number of fused-ring (bicyclic) bond motifs is 1. The molecule has 5 rings (SSSR count). The number of carbonyl (C=O) groups is 3. The highest BCUT2D eigenvalue weighted by molar-refractivity contribution is 6.03. The summed E-state index contributed by atoms with van der Waals surface area (Å²) in [6.07, 6.45) is 8.52. The molecule has 5 atom stereocenters. The average molecular weight is 494 g/mol. The van der Waals surface area contributed by atoms with Gasteiger partial charge >= 0.3 is 0 Å². The monoisotopic (exact) mass is 493 g/mol. The molecule has 2 bridgehead atoms. The Morgan fingerprint density at radius 2 is 1.72 bits per heavy atom. The maximum absolute atomic E-state index is 14.0. The van der Waals surface area contributed by atoms with Crippen molar-refractivity contribution in [3.63, 3.8) is 0 Å². The van der Waals surface area contributed by atoms with Crippen LogP contribution in [-0.2, 0) is 19.1 Å². The predicted molar refractivity (Wildman–Crippen MR) is 138 cm³/mol. The molecule has 3 aliphatic heterocycles. The van der Waals surface area contributed by atoms with Crippen molar-refractivity contribution in [2.24, 2.45) is 11.8 Å². The normalized spacial score (nSPS) is 31.7. The Kier molecular flexibility index (Phi) is 6.26. The van der Waals surface area contributed by atoms with Crippen LogP contribution in [-0.4, -0.2) is 51.9 Å². The first kappa shape index (κ1) is 25.0. The van der Waals surface area contributed by atoms with Crippen molar-refractivity contribution in [2.45, 2.75) is 102 Å². The highest BCUT2D eigenvalue weighted by atomic mass is 16.5. The van der Waals surface area contributed by atoms with E-state index in [1.165, 1.54) is 12.0 Å². The molecule has 194 valence electrons. The Morgan fingerprint density at radius 1 is 1.06 bits per heavy atom. The van der Waals surface area contributed by atoms with E-state index in [4.69, 9.17) is 4.74 Å². The molecular weight excluding hydrogens is 454 g/mol. The van der Waals surface area contributed by atoms with Gasteiger partial charge in [0, 0.05) is 17.3 Å². The molecule has 2 N–H and O–H groups in total. The number of hydrogen-bond acceptors (Lipinski definition) is 4. The smallest absolute Gasteiger partial charge is 0.246 e. The molecule has 5 unspecified atom stereocenters. The first-order chi connectivity index (χ1) is 17.0. The third kappa shape index (κ3) is 4.05. The van der Waals surface area contributed by atoms with Crippen molar-refractivity contribution in [3.05, 3.63) is 42.0 Å². The SMILES string of the molecule is CC(C)c1ccc(NC(=O)C2C3C=CC4(O3)C2C(=O)N(C(C)(C)C)C4C(=O)NC2CCCCC2)cc1. The molecule has 1 aromatic rings. The molecule has 0 aromatic heterocycles. The van der Waals surface area contributed by atoms with Gasteiger partial charge < -0.3 is 20.3 Å². The van der Waals surface area contributed by atoms with Crippen LogP contribution < -0.4 is 10.6 Å². The van der Waals surface area contributed by atoms with E-state index < -0.39 is 35.1 Å². The highest BCUT2D eigenvalue weighted by Crippen LogP contribution is 2.56. The number of likely N-dealkylation sites (tertiary alicyclic amines) is 1. The zero-order valence-electron chi connectivity index (χ0n) is 22.0. The van der Waals surface area contributed by atoms with Gasteiger partial charge in [0.1, 0.15) is 11.6 Å². The zero-order chi connectivity index (χ0) is 25.8.